The van der Waals surface area contributed by atoms with E-state index in [1.165, 1.54) is 17.4 Å². The number of benzene rings is 1. The molecule has 0 bridgehead atoms. The number of rotatable bonds is 5. The first-order valence-corrected chi connectivity index (χ1v) is 11.3. The van der Waals surface area contributed by atoms with Gasteiger partial charge in [-0.05, 0) is 43.2 Å². The van der Waals surface area contributed by atoms with Crippen molar-refractivity contribution in [1.82, 2.24) is 14.5 Å². The van der Waals surface area contributed by atoms with E-state index < -0.39 is 10.0 Å². The zero-order valence-corrected chi connectivity index (χ0v) is 16.5. The van der Waals surface area contributed by atoms with Gasteiger partial charge in [-0.1, -0.05) is 24.3 Å². The third kappa shape index (κ3) is 4.84. The summed E-state index contributed by atoms with van der Waals surface area (Å²) in [6.07, 6.45) is 5.91. The highest BCUT2D eigenvalue weighted by Gasteiger charge is 2.28. The highest BCUT2D eigenvalue weighted by atomic mass is 32.2. The van der Waals surface area contributed by atoms with Crippen molar-refractivity contribution in [1.29, 1.82) is 0 Å². The molecule has 1 aromatic rings. The van der Waals surface area contributed by atoms with Crippen LogP contribution in [0, 0.1) is 0 Å². The van der Waals surface area contributed by atoms with Crippen molar-refractivity contribution in [2.45, 2.75) is 44.2 Å². The van der Waals surface area contributed by atoms with E-state index in [2.05, 4.69) is 33.9 Å². The molecule has 1 aliphatic heterocycles. The van der Waals surface area contributed by atoms with Crippen LogP contribution in [0.2, 0.25) is 0 Å². The van der Waals surface area contributed by atoms with Gasteiger partial charge in [0.15, 0.2) is 0 Å². The molecule has 0 radical (unpaired) electrons. The number of amides is 1. The monoisotopic (exact) mass is 379 g/mol. The molecular formula is C19H29N3O3S. The van der Waals surface area contributed by atoms with Gasteiger partial charge in [0.25, 0.3) is 0 Å². The summed E-state index contributed by atoms with van der Waals surface area (Å²) in [5.74, 6) is 0.140. The molecule has 0 saturated carbocycles. The van der Waals surface area contributed by atoms with Crippen molar-refractivity contribution in [3.8, 4) is 0 Å². The normalized spacial score (nSPS) is 22.0. The Morgan fingerprint density at radius 1 is 1.23 bits per heavy atom. The van der Waals surface area contributed by atoms with E-state index in [0.29, 0.717) is 6.54 Å². The number of carbonyl (C=O) groups excluding carboxylic acids is 1. The van der Waals surface area contributed by atoms with Gasteiger partial charge in [-0.2, -0.15) is 0 Å². The fraction of sp³-hybridized carbons (Fsp3) is 0.632. The van der Waals surface area contributed by atoms with Crippen LogP contribution in [0.5, 0.6) is 0 Å². The molecule has 1 unspecified atom stereocenters. The number of hydrogen-bond acceptors (Lipinski definition) is 4. The molecule has 0 aromatic heterocycles. The summed E-state index contributed by atoms with van der Waals surface area (Å²) < 4.78 is 25.3. The number of aryl methyl sites for hydroxylation is 1. The average molecular weight is 380 g/mol. The molecule has 3 rings (SSSR count). The van der Waals surface area contributed by atoms with Crippen molar-refractivity contribution < 1.29 is 13.2 Å². The standard InChI is InChI=1S/C19H29N3O3S/c1-21(18-9-5-7-15-6-3-4-8-17(15)18)19(23)14-22-12-10-16(11-13-22)20-26(2,24)25/h3-4,6,8,16,18,20H,5,7,9-14H2,1-2H3. The Bertz CT molecular complexity index is 742. The Balaban J connectivity index is 1.55. The van der Waals surface area contributed by atoms with Gasteiger partial charge in [0.1, 0.15) is 0 Å². The Kier molecular flexibility index (Phi) is 5.99. The lowest BCUT2D eigenvalue weighted by Crippen LogP contribution is -2.48. The van der Waals surface area contributed by atoms with Crippen LogP contribution in [0.1, 0.15) is 42.9 Å². The van der Waals surface area contributed by atoms with E-state index >= 15 is 0 Å². The number of carbonyl (C=O) groups is 1. The summed E-state index contributed by atoms with van der Waals surface area (Å²) in [6.45, 7) is 1.89. The molecule has 144 valence electrons. The number of fused-ring (bicyclic) bond motifs is 1. The minimum atomic E-state index is -3.16. The maximum absolute atomic E-state index is 12.8. The van der Waals surface area contributed by atoms with Crippen LogP contribution in [0.3, 0.4) is 0 Å². The highest BCUT2D eigenvalue weighted by Crippen LogP contribution is 2.33. The topological polar surface area (TPSA) is 69.7 Å². The molecule has 1 saturated heterocycles. The quantitative estimate of drug-likeness (QED) is 0.842. The molecular weight excluding hydrogens is 350 g/mol. The van der Waals surface area contributed by atoms with Crippen molar-refractivity contribution in [2.75, 3.05) is 32.9 Å². The van der Waals surface area contributed by atoms with Crippen molar-refractivity contribution >= 4 is 15.9 Å². The minimum absolute atomic E-state index is 0.0145. The van der Waals surface area contributed by atoms with Crippen LogP contribution < -0.4 is 4.72 Å². The Morgan fingerprint density at radius 2 is 1.92 bits per heavy atom. The number of hydrogen-bond donors (Lipinski definition) is 1. The van der Waals surface area contributed by atoms with Crippen molar-refractivity contribution in [2.24, 2.45) is 0 Å². The van der Waals surface area contributed by atoms with Crippen molar-refractivity contribution in [3.05, 3.63) is 35.4 Å². The molecule has 26 heavy (non-hydrogen) atoms. The van der Waals surface area contributed by atoms with E-state index in [4.69, 9.17) is 0 Å². The molecule has 1 N–H and O–H groups in total. The van der Waals surface area contributed by atoms with Crippen LogP contribution in [0.25, 0.3) is 0 Å². The first-order valence-electron chi connectivity index (χ1n) is 9.36. The lowest BCUT2D eigenvalue weighted by Gasteiger charge is -2.36. The fourth-order valence-electron chi connectivity index (χ4n) is 4.12. The Hall–Kier alpha value is -1.44. The number of piperidine rings is 1. The van der Waals surface area contributed by atoms with E-state index in [9.17, 15) is 13.2 Å². The van der Waals surface area contributed by atoms with Crippen molar-refractivity contribution in [3.63, 3.8) is 0 Å². The van der Waals surface area contributed by atoms with Gasteiger partial charge < -0.3 is 4.90 Å². The Morgan fingerprint density at radius 3 is 2.62 bits per heavy atom. The molecule has 7 heteroatoms. The van der Waals surface area contributed by atoms with E-state index in [-0.39, 0.29) is 18.0 Å². The summed E-state index contributed by atoms with van der Waals surface area (Å²) in [7, 11) is -1.25. The van der Waals surface area contributed by atoms with Gasteiger partial charge in [-0.25, -0.2) is 13.1 Å². The predicted molar refractivity (Wildman–Crippen MR) is 102 cm³/mol. The molecule has 2 aliphatic rings. The molecule has 6 nitrogen and oxygen atoms in total. The first-order chi connectivity index (χ1) is 12.3. The highest BCUT2D eigenvalue weighted by molar-refractivity contribution is 7.88. The fourth-order valence-corrected chi connectivity index (χ4v) is 4.96. The second-order valence-electron chi connectivity index (χ2n) is 7.55. The summed E-state index contributed by atoms with van der Waals surface area (Å²) in [6, 6.07) is 8.58. The van der Waals surface area contributed by atoms with Crippen LogP contribution in [-0.4, -0.2) is 63.1 Å². The largest absolute Gasteiger partial charge is 0.338 e. The SMILES string of the molecule is CN(C(=O)CN1CCC(NS(C)(=O)=O)CC1)C1CCCc2ccccc21. The second-order valence-corrected chi connectivity index (χ2v) is 9.33. The van der Waals surface area contributed by atoms with Gasteiger partial charge in [0.2, 0.25) is 15.9 Å². The summed E-state index contributed by atoms with van der Waals surface area (Å²) >= 11 is 0. The number of likely N-dealkylation sites (tertiary alicyclic amines) is 1. The smallest absolute Gasteiger partial charge is 0.237 e. The summed E-state index contributed by atoms with van der Waals surface area (Å²) in [5.41, 5.74) is 2.64. The zero-order chi connectivity index (χ0) is 18.7. The molecule has 0 spiro atoms. The number of nitrogens with zero attached hydrogens (tertiary/aromatic N) is 2. The molecule has 1 aromatic carbocycles. The number of likely N-dealkylation sites (N-methyl/N-ethyl adjacent to an activating group) is 1. The average Bonchev–Trinajstić information content (AvgIpc) is 2.61. The minimum Gasteiger partial charge on any atom is -0.338 e. The number of sulfonamides is 1. The van der Waals surface area contributed by atoms with Gasteiger partial charge in [0.05, 0.1) is 18.8 Å². The molecule has 1 heterocycles. The van der Waals surface area contributed by atoms with Gasteiger partial charge in [0, 0.05) is 26.2 Å². The number of nitrogens with one attached hydrogen (secondary N) is 1. The lowest BCUT2D eigenvalue weighted by molar-refractivity contribution is -0.133. The maximum atomic E-state index is 12.8. The van der Waals surface area contributed by atoms with E-state index in [0.717, 1.165) is 45.2 Å². The molecule has 1 amide bonds. The lowest BCUT2D eigenvalue weighted by atomic mass is 9.87. The van der Waals surface area contributed by atoms with E-state index in [1.807, 2.05) is 11.9 Å². The van der Waals surface area contributed by atoms with Crippen LogP contribution >= 0.6 is 0 Å². The molecule has 1 atom stereocenters. The zero-order valence-electron chi connectivity index (χ0n) is 15.6. The molecule has 1 fully saturated rings. The Labute approximate surface area is 156 Å². The summed E-state index contributed by atoms with van der Waals surface area (Å²) in [5, 5.41) is 0. The van der Waals surface area contributed by atoms with E-state index in [1.54, 1.807) is 0 Å². The summed E-state index contributed by atoms with van der Waals surface area (Å²) in [4.78, 5) is 16.8. The van der Waals surface area contributed by atoms with Gasteiger partial charge >= 0.3 is 0 Å². The van der Waals surface area contributed by atoms with Crippen LogP contribution in [0.4, 0.5) is 0 Å². The maximum Gasteiger partial charge on any atom is 0.237 e. The predicted octanol–water partition coefficient (Wildman–Crippen LogP) is 1.54. The van der Waals surface area contributed by atoms with Crippen LogP contribution in [-0.2, 0) is 21.2 Å². The third-order valence-electron chi connectivity index (χ3n) is 5.53. The third-order valence-corrected chi connectivity index (χ3v) is 6.29. The second kappa shape index (κ2) is 8.06. The van der Waals surface area contributed by atoms with Crippen LogP contribution in [0.15, 0.2) is 24.3 Å². The molecule has 1 aliphatic carbocycles. The van der Waals surface area contributed by atoms with Gasteiger partial charge in [-0.15, -0.1) is 0 Å². The first kappa shape index (κ1) is 19.3. The van der Waals surface area contributed by atoms with Gasteiger partial charge in [-0.3, -0.25) is 9.69 Å².